The highest BCUT2D eigenvalue weighted by molar-refractivity contribution is 5.95. The Labute approximate surface area is 152 Å². The Bertz CT molecular complexity index is 957. The van der Waals surface area contributed by atoms with Gasteiger partial charge in [0.25, 0.3) is 5.91 Å². The summed E-state index contributed by atoms with van der Waals surface area (Å²) in [7, 11) is 0. The summed E-state index contributed by atoms with van der Waals surface area (Å²) in [5.74, 6) is -0.510. The summed E-state index contributed by atoms with van der Waals surface area (Å²) in [4.78, 5) is 16.3. The second kappa shape index (κ2) is 7.53. The van der Waals surface area contributed by atoms with Crippen LogP contribution in [0.3, 0.4) is 0 Å². The summed E-state index contributed by atoms with van der Waals surface area (Å²) in [6, 6.07) is 12.0. The second-order valence-corrected chi connectivity index (χ2v) is 5.72. The average Bonchev–Trinajstić information content (AvgIpc) is 2.61. The van der Waals surface area contributed by atoms with Crippen molar-refractivity contribution in [3.63, 3.8) is 0 Å². The molecule has 0 aliphatic heterocycles. The van der Waals surface area contributed by atoms with Crippen LogP contribution >= 0.6 is 0 Å². The quantitative estimate of drug-likeness (QED) is 0.714. The Hall–Kier alpha value is -3.29. The Morgan fingerprint density at radius 2 is 1.78 bits per heavy atom. The fraction of sp³-hybridized carbons (Fsp3) is 0.158. The first kappa shape index (κ1) is 18.5. The Kier molecular flexibility index (Phi) is 5.16. The van der Waals surface area contributed by atoms with E-state index < -0.39 is 12.3 Å². The van der Waals surface area contributed by atoms with Gasteiger partial charge in [-0.05, 0) is 61.0 Å². The summed E-state index contributed by atoms with van der Waals surface area (Å²) in [6.07, 6.45) is -3.04. The number of carbonyl (C=O) groups excluding carboxylic acids is 1. The number of benzene rings is 2. The molecule has 0 saturated carbocycles. The van der Waals surface area contributed by atoms with Gasteiger partial charge in [-0.2, -0.15) is 0 Å². The highest BCUT2D eigenvalue weighted by Gasteiger charge is 2.30. The maximum Gasteiger partial charge on any atom is 0.573 e. The van der Waals surface area contributed by atoms with Crippen molar-refractivity contribution < 1.29 is 27.4 Å². The molecule has 1 aromatic heterocycles. The van der Waals surface area contributed by atoms with Crippen LogP contribution in [0.15, 0.2) is 54.7 Å². The van der Waals surface area contributed by atoms with Crippen LogP contribution in [0.5, 0.6) is 11.5 Å². The molecular weight excluding hydrogens is 361 g/mol. The number of pyridine rings is 1. The number of fused-ring (bicyclic) bond motifs is 1. The first-order valence-corrected chi connectivity index (χ1v) is 7.94. The minimum absolute atomic E-state index is 0.248. The Morgan fingerprint density at radius 3 is 2.48 bits per heavy atom. The van der Waals surface area contributed by atoms with Crippen LogP contribution in [0, 0.1) is 6.92 Å². The summed E-state index contributed by atoms with van der Waals surface area (Å²) >= 11 is 0. The molecule has 1 N–H and O–H groups in total. The summed E-state index contributed by atoms with van der Waals surface area (Å²) < 4.78 is 45.4. The van der Waals surface area contributed by atoms with Crippen molar-refractivity contribution in [2.45, 2.75) is 13.3 Å². The molecule has 0 aliphatic carbocycles. The third kappa shape index (κ3) is 5.10. The number of rotatable bonds is 5. The molecule has 140 valence electrons. The molecule has 0 fully saturated rings. The fourth-order valence-electron chi connectivity index (χ4n) is 2.44. The highest BCUT2D eigenvalue weighted by atomic mass is 19.4. The van der Waals surface area contributed by atoms with Gasteiger partial charge >= 0.3 is 6.36 Å². The third-order valence-electron chi connectivity index (χ3n) is 3.67. The molecule has 1 amide bonds. The molecule has 0 saturated heterocycles. The molecule has 27 heavy (non-hydrogen) atoms. The van der Waals surface area contributed by atoms with Crippen LogP contribution in [0.4, 0.5) is 18.9 Å². The van der Waals surface area contributed by atoms with E-state index in [1.165, 1.54) is 12.1 Å². The molecule has 3 aromatic rings. The molecule has 8 heteroatoms. The van der Waals surface area contributed by atoms with Crippen molar-refractivity contribution in [3.8, 4) is 11.5 Å². The largest absolute Gasteiger partial charge is 0.573 e. The van der Waals surface area contributed by atoms with E-state index in [4.69, 9.17) is 4.74 Å². The van der Waals surface area contributed by atoms with Crippen molar-refractivity contribution in [2.24, 2.45) is 0 Å². The predicted octanol–water partition coefficient (Wildman–Crippen LogP) is 4.46. The average molecular weight is 376 g/mol. The van der Waals surface area contributed by atoms with Gasteiger partial charge < -0.3 is 14.8 Å². The van der Waals surface area contributed by atoms with Crippen LogP contribution in [0.25, 0.3) is 10.9 Å². The normalized spacial score (nSPS) is 11.3. The Morgan fingerprint density at radius 1 is 1.07 bits per heavy atom. The summed E-state index contributed by atoms with van der Waals surface area (Å²) in [5.41, 5.74) is 2.46. The van der Waals surface area contributed by atoms with E-state index in [-0.39, 0.29) is 18.1 Å². The zero-order valence-electron chi connectivity index (χ0n) is 14.2. The van der Waals surface area contributed by atoms with Gasteiger partial charge in [0.1, 0.15) is 11.5 Å². The first-order chi connectivity index (χ1) is 12.8. The van der Waals surface area contributed by atoms with Crippen molar-refractivity contribution in [2.75, 3.05) is 11.9 Å². The number of nitrogens with zero attached hydrogens (tertiary/aromatic N) is 1. The lowest BCUT2D eigenvalue weighted by Crippen LogP contribution is -2.20. The van der Waals surface area contributed by atoms with E-state index in [0.29, 0.717) is 5.69 Å². The number of ether oxygens (including phenoxy) is 2. The van der Waals surface area contributed by atoms with E-state index in [1.807, 2.05) is 19.1 Å². The number of aryl methyl sites for hydroxylation is 1. The van der Waals surface area contributed by atoms with E-state index in [1.54, 1.807) is 18.3 Å². The maximum atomic E-state index is 12.1. The number of amides is 1. The molecule has 5 nitrogen and oxygen atoms in total. The van der Waals surface area contributed by atoms with Crippen LogP contribution in [0.2, 0.25) is 0 Å². The lowest BCUT2D eigenvalue weighted by atomic mass is 10.1. The number of hydrogen-bond donors (Lipinski definition) is 1. The lowest BCUT2D eigenvalue weighted by Gasteiger charge is -2.11. The van der Waals surface area contributed by atoms with E-state index in [0.717, 1.165) is 28.6 Å². The van der Waals surface area contributed by atoms with Crippen molar-refractivity contribution in [1.82, 2.24) is 4.98 Å². The number of nitrogens with one attached hydrogen (secondary N) is 1. The number of alkyl halides is 3. The molecule has 0 radical (unpaired) electrons. The van der Waals surface area contributed by atoms with Crippen LogP contribution in [0.1, 0.15) is 5.56 Å². The zero-order valence-corrected chi connectivity index (χ0v) is 14.2. The van der Waals surface area contributed by atoms with Gasteiger partial charge in [-0.3, -0.25) is 9.78 Å². The van der Waals surface area contributed by atoms with E-state index >= 15 is 0 Å². The van der Waals surface area contributed by atoms with E-state index in [2.05, 4.69) is 15.0 Å². The third-order valence-corrected chi connectivity index (χ3v) is 3.67. The van der Waals surface area contributed by atoms with Gasteiger partial charge in [0.15, 0.2) is 6.61 Å². The van der Waals surface area contributed by atoms with E-state index in [9.17, 15) is 18.0 Å². The molecule has 0 unspecified atom stereocenters. The molecular formula is C19H15F3N2O3. The number of halogens is 3. The number of aromatic nitrogens is 1. The molecule has 0 aliphatic rings. The SMILES string of the molecule is Cc1ccnc2ccc(NC(=O)COc3ccc(OC(F)(F)F)cc3)cc12. The highest BCUT2D eigenvalue weighted by Crippen LogP contribution is 2.25. The molecule has 0 spiro atoms. The topological polar surface area (TPSA) is 60.5 Å². The van der Waals surface area contributed by atoms with Crippen LogP contribution in [-0.4, -0.2) is 23.9 Å². The Balaban J connectivity index is 1.57. The predicted molar refractivity (Wildman–Crippen MR) is 93.7 cm³/mol. The number of anilines is 1. The van der Waals surface area contributed by atoms with Crippen molar-refractivity contribution >= 4 is 22.5 Å². The summed E-state index contributed by atoms with van der Waals surface area (Å²) in [6.45, 7) is 1.66. The van der Waals surface area contributed by atoms with Gasteiger partial charge in [-0.15, -0.1) is 13.2 Å². The fourth-order valence-corrected chi connectivity index (χ4v) is 2.44. The minimum atomic E-state index is -4.75. The minimum Gasteiger partial charge on any atom is -0.484 e. The number of carbonyl (C=O) groups is 1. The lowest BCUT2D eigenvalue weighted by molar-refractivity contribution is -0.274. The monoisotopic (exact) mass is 376 g/mol. The van der Waals surface area contributed by atoms with Gasteiger partial charge in [-0.1, -0.05) is 0 Å². The smallest absolute Gasteiger partial charge is 0.484 e. The van der Waals surface area contributed by atoms with Crippen LogP contribution < -0.4 is 14.8 Å². The van der Waals surface area contributed by atoms with Crippen LogP contribution in [-0.2, 0) is 4.79 Å². The maximum absolute atomic E-state index is 12.1. The van der Waals surface area contributed by atoms with Gasteiger partial charge in [0.05, 0.1) is 5.52 Å². The zero-order chi connectivity index (χ0) is 19.4. The molecule has 0 atom stereocenters. The first-order valence-electron chi connectivity index (χ1n) is 7.94. The van der Waals surface area contributed by atoms with Gasteiger partial charge in [0.2, 0.25) is 0 Å². The van der Waals surface area contributed by atoms with Gasteiger partial charge in [-0.25, -0.2) is 0 Å². The number of hydrogen-bond acceptors (Lipinski definition) is 4. The summed E-state index contributed by atoms with van der Waals surface area (Å²) in [5, 5.41) is 3.64. The van der Waals surface area contributed by atoms with Crippen molar-refractivity contribution in [1.29, 1.82) is 0 Å². The molecule has 0 bridgehead atoms. The second-order valence-electron chi connectivity index (χ2n) is 5.72. The standard InChI is InChI=1S/C19H15F3N2O3/c1-12-8-9-23-17-7-2-13(10-16(12)17)24-18(25)11-26-14-3-5-15(6-4-14)27-19(20,21)22/h2-10H,11H2,1H3,(H,24,25). The molecule has 3 rings (SSSR count). The van der Waals surface area contributed by atoms with Gasteiger partial charge in [0, 0.05) is 17.3 Å². The molecule has 2 aromatic carbocycles. The van der Waals surface area contributed by atoms with Crippen molar-refractivity contribution in [3.05, 3.63) is 60.3 Å². The molecule has 1 heterocycles.